The van der Waals surface area contributed by atoms with E-state index in [1.54, 1.807) is 11.9 Å². The minimum atomic E-state index is 0.0537. The topological polar surface area (TPSA) is 61.4 Å². The molecule has 0 radical (unpaired) electrons. The Morgan fingerprint density at radius 1 is 1.22 bits per heavy atom. The summed E-state index contributed by atoms with van der Waals surface area (Å²) in [5.74, 6) is 0.0537. The molecule has 0 aliphatic heterocycles. The highest BCUT2D eigenvalue weighted by Crippen LogP contribution is 2.25. The number of carbonyl (C=O) groups excluding carboxylic acids is 2. The van der Waals surface area contributed by atoms with Crippen LogP contribution in [0.2, 0.25) is 0 Å². The Morgan fingerprint density at radius 3 is 2.57 bits per heavy atom. The van der Waals surface area contributed by atoms with Gasteiger partial charge in [-0.1, -0.05) is 13.0 Å². The quantitative estimate of drug-likeness (QED) is 0.506. The van der Waals surface area contributed by atoms with Crippen LogP contribution in [0.5, 0.6) is 0 Å². The smallest absolute Gasteiger partial charge is 0.226 e. The van der Waals surface area contributed by atoms with Crippen molar-refractivity contribution in [2.45, 2.75) is 33.1 Å². The summed E-state index contributed by atoms with van der Waals surface area (Å²) >= 11 is 0. The number of aldehydes is 1. The molecule has 1 aromatic carbocycles. The van der Waals surface area contributed by atoms with E-state index in [4.69, 9.17) is 0 Å². The Hall–Kier alpha value is -1.72. The second-order valence-electron chi connectivity index (χ2n) is 5.69. The van der Waals surface area contributed by atoms with Crippen LogP contribution in [0.15, 0.2) is 12.1 Å². The van der Waals surface area contributed by atoms with E-state index < -0.39 is 0 Å². The third-order valence-electron chi connectivity index (χ3n) is 4.00. The van der Waals surface area contributed by atoms with Gasteiger partial charge in [-0.2, -0.15) is 0 Å². The fourth-order valence-corrected chi connectivity index (χ4v) is 2.56. The summed E-state index contributed by atoms with van der Waals surface area (Å²) < 4.78 is 0. The highest BCUT2D eigenvalue weighted by atomic mass is 16.2. The zero-order valence-corrected chi connectivity index (χ0v) is 14.7. The average Bonchev–Trinajstić information content (AvgIpc) is 2.55. The van der Waals surface area contributed by atoms with Crippen LogP contribution in [-0.2, 0) is 22.4 Å². The average molecular weight is 319 g/mol. The van der Waals surface area contributed by atoms with Crippen LogP contribution < -0.4 is 15.5 Å². The number of carbonyl (C=O) groups is 2. The highest BCUT2D eigenvalue weighted by Gasteiger charge is 2.15. The van der Waals surface area contributed by atoms with Crippen molar-refractivity contribution in [1.82, 2.24) is 10.6 Å². The molecule has 0 saturated heterocycles. The summed E-state index contributed by atoms with van der Waals surface area (Å²) in [4.78, 5) is 24.6. The summed E-state index contributed by atoms with van der Waals surface area (Å²) in [5.41, 5.74) is 4.13. The van der Waals surface area contributed by atoms with E-state index in [-0.39, 0.29) is 5.91 Å². The summed E-state index contributed by atoms with van der Waals surface area (Å²) in [7, 11) is 3.71. The molecule has 0 atom stereocenters. The van der Waals surface area contributed by atoms with Crippen LogP contribution in [0, 0.1) is 6.92 Å². The van der Waals surface area contributed by atoms with Gasteiger partial charge in [-0.3, -0.25) is 4.79 Å². The van der Waals surface area contributed by atoms with E-state index in [1.165, 1.54) is 5.56 Å². The SMILES string of the molecule is CCC(=O)N(C)c1cc(C)c(CCNCCNC)cc1CC=O. The molecule has 23 heavy (non-hydrogen) atoms. The van der Waals surface area contributed by atoms with E-state index in [1.807, 2.05) is 20.0 Å². The Bertz CT molecular complexity index is 529. The van der Waals surface area contributed by atoms with Gasteiger partial charge in [0.25, 0.3) is 0 Å². The molecule has 0 unspecified atom stereocenters. The predicted molar refractivity (Wildman–Crippen MR) is 95.1 cm³/mol. The molecule has 0 aromatic heterocycles. The van der Waals surface area contributed by atoms with Crippen LogP contribution in [-0.4, -0.2) is 45.9 Å². The van der Waals surface area contributed by atoms with Gasteiger partial charge in [0.2, 0.25) is 5.91 Å². The number of rotatable bonds is 10. The van der Waals surface area contributed by atoms with Crippen LogP contribution >= 0.6 is 0 Å². The Balaban J connectivity index is 2.92. The first-order chi connectivity index (χ1) is 11.0. The Labute approximate surface area is 139 Å². The summed E-state index contributed by atoms with van der Waals surface area (Å²) in [5, 5.41) is 6.48. The van der Waals surface area contributed by atoms with Crippen LogP contribution in [0.1, 0.15) is 30.0 Å². The number of hydrogen-bond donors (Lipinski definition) is 2. The van der Waals surface area contributed by atoms with Gasteiger partial charge in [0.05, 0.1) is 0 Å². The van der Waals surface area contributed by atoms with Crippen molar-refractivity contribution < 1.29 is 9.59 Å². The molecule has 0 spiro atoms. The molecule has 2 N–H and O–H groups in total. The third-order valence-corrected chi connectivity index (χ3v) is 4.00. The number of likely N-dealkylation sites (N-methyl/N-ethyl adjacent to an activating group) is 1. The molecule has 1 rings (SSSR count). The van der Waals surface area contributed by atoms with Crippen molar-refractivity contribution in [3.8, 4) is 0 Å². The van der Waals surface area contributed by atoms with Gasteiger partial charge < -0.3 is 20.3 Å². The maximum atomic E-state index is 12.0. The Kier molecular flexibility index (Phi) is 8.51. The van der Waals surface area contributed by atoms with Crippen molar-refractivity contribution in [3.63, 3.8) is 0 Å². The van der Waals surface area contributed by atoms with Crippen molar-refractivity contribution in [3.05, 3.63) is 28.8 Å². The summed E-state index contributed by atoms with van der Waals surface area (Å²) in [6.07, 6.45) is 2.59. The van der Waals surface area contributed by atoms with Gasteiger partial charge in [0.1, 0.15) is 6.29 Å². The van der Waals surface area contributed by atoms with E-state index in [2.05, 4.69) is 23.6 Å². The number of benzene rings is 1. The van der Waals surface area contributed by atoms with E-state index in [0.29, 0.717) is 12.8 Å². The molecule has 1 amide bonds. The molecule has 1 aromatic rings. The molecule has 0 aliphatic rings. The van der Waals surface area contributed by atoms with Crippen LogP contribution in [0.25, 0.3) is 0 Å². The number of amides is 1. The molecule has 5 heteroatoms. The lowest BCUT2D eigenvalue weighted by molar-refractivity contribution is -0.118. The minimum Gasteiger partial charge on any atom is -0.318 e. The fourth-order valence-electron chi connectivity index (χ4n) is 2.56. The van der Waals surface area contributed by atoms with Gasteiger partial charge in [0, 0.05) is 38.7 Å². The van der Waals surface area contributed by atoms with Gasteiger partial charge in [-0.25, -0.2) is 0 Å². The lowest BCUT2D eigenvalue weighted by Crippen LogP contribution is -2.27. The van der Waals surface area contributed by atoms with Crippen molar-refractivity contribution in [2.24, 2.45) is 0 Å². The van der Waals surface area contributed by atoms with Crippen molar-refractivity contribution in [1.29, 1.82) is 0 Å². The normalized spacial score (nSPS) is 10.6. The van der Waals surface area contributed by atoms with Gasteiger partial charge in [-0.15, -0.1) is 0 Å². The lowest BCUT2D eigenvalue weighted by Gasteiger charge is -2.22. The highest BCUT2D eigenvalue weighted by molar-refractivity contribution is 5.94. The lowest BCUT2D eigenvalue weighted by atomic mass is 9.98. The first kappa shape index (κ1) is 19.3. The Morgan fingerprint density at radius 2 is 1.96 bits per heavy atom. The number of anilines is 1. The number of hydrogen-bond acceptors (Lipinski definition) is 4. The first-order valence-corrected chi connectivity index (χ1v) is 8.23. The van der Waals surface area contributed by atoms with Crippen LogP contribution in [0.3, 0.4) is 0 Å². The molecule has 0 bridgehead atoms. The molecular formula is C18H29N3O2. The maximum absolute atomic E-state index is 12.0. The maximum Gasteiger partial charge on any atom is 0.226 e. The van der Waals surface area contributed by atoms with E-state index in [9.17, 15) is 9.59 Å². The number of aryl methyl sites for hydroxylation is 1. The first-order valence-electron chi connectivity index (χ1n) is 8.23. The van der Waals surface area contributed by atoms with E-state index >= 15 is 0 Å². The summed E-state index contributed by atoms with van der Waals surface area (Å²) in [6.45, 7) is 6.67. The largest absolute Gasteiger partial charge is 0.318 e. The molecule has 0 heterocycles. The zero-order chi connectivity index (χ0) is 17.2. The molecule has 0 aliphatic carbocycles. The predicted octanol–water partition coefficient (Wildman–Crippen LogP) is 1.46. The fraction of sp³-hybridized carbons (Fsp3) is 0.556. The second-order valence-corrected chi connectivity index (χ2v) is 5.69. The molecule has 0 saturated carbocycles. The number of nitrogens with one attached hydrogen (secondary N) is 2. The summed E-state index contributed by atoms with van der Waals surface area (Å²) in [6, 6.07) is 4.09. The minimum absolute atomic E-state index is 0.0537. The molecule has 0 fully saturated rings. The van der Waals surface area contributed by atoms with Gasteiger partial charge in [-0.05, 0) is 49.7 Å². The van der Waals surface area contributed by atoms with Gasteiger partial charge in [0.15, 0.2) is 0 Å². The molecular weight excluding hydrogens is 290 g/mol. The van der Waals surface area contributed by atoms with Gasteiger partial charge >= 0.3 is 0 Å². The standard InChI is InChI=1S/C18H29N3O2/c1-5-18(23)21(4)17-12-14(2)15(13-16(17)7-11-22)6-8-20-10-9-19-3/h11-13,19-20H,5-10H2,1-4H3. The van der Waals surface area contributed by atoms with Crippen molar-refractivity contribution >= 4 is 17.9 Å². The molecule has 128 valence electrons. The molecule has 5 nitrogen and oxygen atoms in total. The zero-order valence-electron chi connectivity index (χ0n) is 14.7. The third kappa shape index (κ3) is 5.77. The second kappa shape index (κ2) is 10.1. The van der Waals surface area contributed by atoms with Crippen molar-refractivity contribution in [2.75, 3.05) is 38.6 Å². The number of nitrogens with zero attached hydrogens (tertiary/aromatic N) is 1. The monoisotopic (exact) mass is 319 g/mol. The van der Waals surface area contributed by atoms with Crippen LogP contribution in [0.4, 0.5) is 5.69 Å². The van der Waals surface area contributed by atoms with E-state index in [0.717, 1.165) is 49.2 Å².